The molecule has 0 amide bonds. The molecular formula is C15H26F3NO2. The number of hydrogen-bond donors (Lipinski definition) is 2. The first kappa shape index (κ1) is 18.5. The van der Waals surface area contributed by atoms with Crippen LogP contribution in [0.1, 0.15) is 32.6 Å². The van der Waals surface area contributed by atoms with Crippen molar-refractivity contribution >= 4 is 0 Å². The minimum Gasteiger partial charge on any atom is -0.389 e. The Morgan fingerprint density at radius 2 is 2.05 bits per heavy atom. The van der Waals surface area contributed by atoms with E-state index in [0.29, 0.717) is 18.4 Å². The molecule has 2 N–H and O–H groups in total. The molecule has 0 bridgehead atoms. The Morgan fingerprint density at radius 1 is 1.33 bits per heavy atom. The molecule has 0 radical (unpaired) electrons. The Morgan fingerprint density at radius 3 is 2.71 bits per heavy atom. The molecule has 0 aliphatic heterocycles. The highest BCUT2D eigenvalue weighted by Crippen LogP contribution is 2.25. The molecule has 0 aromatic heterocycles. The fourth-order valence-corrected chi connectivity index (χ4v) is 2.34. The van der Waals surface area contributed by atoms with Crippen LogP contribution in [-0.4, -0.2) is 43.7 Å². The Labute approximate surface area is 124 Å². The van der Waals surface area contributed by atoms with Crippen molar-refractivity contribution in [1.29, 1.82) is 0 Å². The molecule has 1 aliphatic rings. The summed E-state index contributed by atoms with van der Waals surface area (Å²) in [5, 5.41) is 12.5. The molecule has 21 heavy (non-hydrogen) atoms. The lowest BCUT2D eigenvalue weighted by molar-refractivity contribution is -0.135. The third-order valence-corrected chi connectivity index (χ3v) is 3.75. The summed E-state index contributed by atoms with van der Waals surface area (Å²) in [5.41, 5.74) is 0. The number of aliphatic hydroxyl groups is 1. The molecule has 1 aliphatic carbocycles. The fraction of sp³-hybridized carbons (Fsp3) is 0.867. The van der Waals surface area contributed by atoms with Crippen molar-refractivity contribution in [2.75, 3.05) is 26.3 Å². The molecule has 0 aromatic rings. The third-order valence-electron chi connectivity index (χ3n) is 3.75. The molecule has 3 nitrogen and oxygen atoms in total. The SMILES string of the molecule is CC1CC=CCC1COCC(O)CNCCCC(F)(F)F. The quantitative estimate of drug-likeness (QED) is 0.508. The lowest BCUT2D eigenvalue weighted by atomic mass is 9.85. The molecule has 3 unspecified atom stereocenters. The molecule has 0 spiro atoms. The van der Waals surface area contributed by atoms with Crippen LogP contribution in [0.3, 0.4) is 0 Å². The average Bonchev–Trinajstić information content (AvgIpc) is 2.39. The van der Waals surface area contributed by atoms with Gasteiger partial charge in [0.1, 0.15) is 0 Å². The summed E-state index contributed by atoms with van der Waals surface area (Å²) in [5.74, 6) is 1.08. The van der Waals surface area contributed by atoms with E-state index in [2.05, 4.69) is 24.4 Å². The summed E-state index contributed by atoms with van der Waals surface area (Å²) < 4.78 is 41.3. The smallest absolute Gasteiger partial charge is 0.389 e. The van der Waals surface area contributed by atoms with Crippen LogP contribution in [0, 0.1) is 11.8 Å². The van der Waals surface area contributed by atoms with Crippen molar-refractivity contribution in [3.05, 3.63) is 12.2 Å². The maximum atomic E-state index is 11.9. The van der Waals surface area contributed by atoms with Crippen LogP contribution in [0.15, 0.2) is 12.2 Å². The maximum absolute atomic E-state index is 11.9. The van der Waals surface area contributed by atoms with Crippen LogP contribution in [0.5, 0.6) is 0 Å². The average molecular weight is 309 g/mol. The normalized spacial score (nSPS) is 24.2. The number of aliphatic hydroxyl groups excluding tert-OH is 1. The van der Waals surface area contributed by atoms with E-state index >= 15 is 0 Å². The molecule has 0 saturated carbocycles. The summed E-state index contributed by atoms with van der Waals surface area (Å²) in [6.45, 7) is 3.55. The van der Waals surface area contributed by atoms with Gasteiger partial charge in [-0.15, -0.1) is 0 Å². The van der Waals surface area contributed by atoms with Gasteiger partial charge in [-0.05, 0) is 37.6 Å². The zero-order chi connectivity index (χ0) is 15.7. The van der Waals surface area contributed by atoms with E-state index < -0.39 is 18.7 Å². The molecule has 0 heterocycles. The van der Waals surface area contributed by atoms with Gasteiger partial charge in [-0.2, -0.15) is 13.2 Å². The van der Waals surface area contributed by atoms with Gasteiger partial charge < -0.3 is 15.2 Å². The fourth-order valence-electron chi connectivity index (χ4n) is 2.34. The minimum absolute atomic E-state index is 0.0308. The molecule has 6 heteroatoms. The van der Waals surface area contributed by atoms with Crippen LogP contribution >= 0.6 is 0 Å². The van der Waals surface area contributed by atoms with Gasteiger partial charge in [-0.1, -0.05) is 19.1 Å². The zero-order valence-electron chi connectivity index (χ0n) is 12.5. The Bertz CT molecular complexity index is 308. The second-order valence-corrected chi connectivity index (χ2v) is 5.79. The number of allylic oxidation sites excluding steroid dienone is 2. The van der Waals surface area contributed by atoms with E-state index in [4.69, 9.17) is 4.74 Å². The summed E-state index contributed by atoms with van der Waals surface area (Å²) >= 11 is 0. The molecule has 0 fully saturated rings. The second-order valence-electron chi connectivity index (χ2n) is 5.79. The van der Waals surface area contributed by atoms with Gasteiger partial charge in [0.25, 0.3) is 0 Å². The molecular weight excluding hydrogens is 283 g/mol. The van der Waals surface area contributed by atoms with Crippen molar-refractivity contribution in [2.24, 2.45) is 11.8 Å². The Hall–Kier alpha value is -0.590. The number of nitrogens with one attached hydrogen (secondary N) is 1. The number of rotatable bonds is 9. The van der Waals surface area contributed by atoms with Gasteiger partial charge in [-0.25, -0.2) is 0 Å². The molecule has 1 rings (SSSR count). The van der Waals surface area contributed by atoms with E-state index in [9.17, 15) is 18.3 Å². The van der Waals surface area contributed by atoms with Gasteiger partial charge in [-0.3, -0.25) is 0 Å². The van der Waals surface area contributed by atoms with E-state index in [1.54, 1.807) is 0 Å². The lowest BCUT2D eigenvalue weighted by Gasteiger charge is -2.25. The van der Waals surface area contributed by atoms with Crippen LogP contribution in [0.4, 0.5) is 13.2 Å². The highest BCUT2D eigenvalue weighted by Gasteiger charge is 2.25. The molecule has 124 valence electrons. The lowest BCUT2D eigenvalue weighted by Crippen LogP contribution is -2.32. The number of ether oxygens (including phenoxy) is 1. The van der Waals surface area contributed by atoms with Crippen molar-refractivity contribution in [1.82, 2.24) is 5.32 Å². The third kappa shape index (κ3) is 9.11. The van der Waals surface area contributed by atoms with Crippen LogP contribution < -0.4 is 5.32 Å². The van der Waals surface area contributed by atoms with Gasteiger partial charge >= 0.3 is 6.18 Å². The Kier molecular flexibility index (Phi) is 8.29. The van der Waals surface area contributed by atoms with Gasteiger partial charge in [0.15, 0.2) is 0 Å². The molecule has 0 aromatic carbocycles. The zero-order valence-corrected chi connectivity index (χ0v) is 12.5. The van der Waals surface area contributed by atoms with Gasteiger partial charge in [0.05, 0.1) is 19.3 Å². The van der Waals surface area contributed by atoms with E-state index in [0.717, 1.165) is 12.8 Å². The Balaban J connectivity index is 1.98. The minimum atomic E-state index is -4.10. The van der Waals surface area contributed by atoms with Crippen molar-refractivity contribution < 1.29 is 23.0 Å². The van der Waals surface area contributed by atoms with E-state index in [1.165, 1.54) is 0 Å². The number of hydrogen-bond acceptors (Lipinski definition) is 3. The van der Waals surface area contributed by atoms with E-state index in [1.807, 2.05) is 0 Å². The van der Waals surface area contributed by atoms with Crippen LogP contribution in [-0.2, 0) is 4.74 Å². The monoisotopic (exact) mass is 309 g/mol. The van der Waals surface area contributed by atoms with Crippen LogP contribution in [0.2, 0.25) is 0 Å². The van der Waals surface area contributed by atoms with Crippen molar-refractivity contribution in [2.45, 2.75) is 44.9 Å². The largest absolute Gasteiger partial charge is 0.389 e. The maximum Gasteiger partial charge on any atom is 0.389 e. The predicted octanol–water partition coefficient (Wildman–Crippen LogP) is 2.90. The highest BCUT2D eigenvalue weighted by atomic mass is 19.4. The van der Waals surface area contributed by atoms with Gasteiger partial charge in [0.2, 0.25) is 0 Å². The van der Waals surface area contributed by atoms with Crippen molar-refractivity contribution in [3.8, 4) is 0 Å². The highest BCUT2D eigenvalue weighted by molar-refractivity contribution is 4.93. The summed E-state index contributed by atoms with van der Waals surface area (Å²) in [7, 11) is 0. The number of alkyl halides is 3. The number of halogens is 3. The molecule has 3 atom stereocenters. The van der Waals surface area contributed by atoms with Crippen molar-refractivity contribution in [3.63, 3.8) is 0 Å². The summed E-state index contributed by atoms with van der Waals surface area (Å²) in [4.78, 5) is 0. The summed E-state index contributed by atoms with van der Waals surface area (Å²) in [6, 6.07) is 0. The summed E-state index contributed by atoms with van der Waals surface area (Å²) in [6.07, 6.45) is 0.875. The predicted molar refractivity (Wildman–Crippen MR) is 76.0 cm³/mol. The van der Waals surface area contributed by atoms with E-state index in [-0.39, 0.29) is 26.1 Å². The van der Waals surface area contributed by atoms with Gasteiger partial charge in [0, 0.05) is 13.0 Å². The standard InChI is InChI=1S/C15H26F3NO2/c1-12-5-2-3-6-13(12)10-21-11-14(20)9-19-8-4-7-15(16,17)18/h2-3,12-14,19-20H,4-11H2,1H3. The first-order valence-corrected chi connectivity index (χ1v) is 7.56. The molecule has 0 saturated heterocycles. The topological polar surface area (TPSA) is 41.5 Å². The first-order valence-electron chi connectivity index (χ1n) is 7.56. The van der Waals surface area contributed by atoms with Crippen LogP contribution in [0.25, 0.3) is 0 Å². The first-order chi connectivity index (χ1) is 9.88. The second kappa shape index (κ2) is 9.43.